The van der Waals surface area contributed by atoms with Crippen LogP contribution in [0.5, 0.6) is 5.88 Å². The first-order chi connectivity index (χ1) is 5.15. The number of nitrogens with two attached hydrogens (primary N) is 1. The number of methoxy groups -OCH3 is 1. The molecule has 1 aromatic rings. The molecule has 0 radical (unpaired) electrons. The monoisotopic (exact) mass is 216 g/mol. The molecule has 0 amide bonds. The number of anilines is 1. The van der Waals surface area contributed by atoms with Gasteiger partial charge in [0, 0.05) is 4.47 Å². The van der Waals surface area contributed by atoms with Crippen molar-refractivity contribution in [1.82, 2.24) is 4.98 Å². The average molecular weight is 217 g/mol. The summed E-state index contributed by atoms with van der Waals surface area (Å²) < 4.78 is 5.82. The van der Waals surface area contributed by atoms with Gasteiger partial charge in [-0.2, -0.15) is 0 Å². The Bertz CT molecular complexity index is 275. The number of hydrogen-bond donors (Lipinski definition) is 1. The molecule has 0 saturated carbocycles. The van der Waals surface area contributed by atoms with E-state index in [1.807, 2.05) is 6.92 Å². The second-order valence-corrected chi connectivity index (χ2v) is 3.01. The zero-order chi connectivity index (χ0) is 8.43. The summed E-state index contributed by atoms with van der Waals surface area (Å²) in [5.74, 6) is 0.478. The van der Waals surface area contributed by atoms with Crippen LogP contribution in [0.2, 0.25) is 0 Å². The van der Waals surface area contributed by atoms with E-state index in [0.29, 0.717) is 11.6 Å². The summed E-state index contributed by atoms with van der Waals surface area (Å²) in [5, 5.41) is 0. The minimum atomic E-state index is 0.478. The highest BCUT2D eigenvalue weighted by molar-refractivity contribution is 9.10. The molecule has 1 rings (SSSR count). The molecule has 3 nitrogen and oxygen atoms in total. The van der Waals surface area contributed by atoms with Crippen LogP contribution in [-0.4, -0.2) is 12.1 Å². The highest BCUT2D eigenvalue weighted by Gasteiger charge is 2.03. The number of nitrogen functional groups attached to an aromatic ring is 1. The normalized spacial score (nSPS) is 9.73. The van der Waals surface area contributed by atoms with E-state index in [0.717, 1.165) is 10.2 Å². The number of hydrogen-bond acceptors (Lipinski definition) is 3. The fourth-order valence-corrected chi connectivity index (χ4v) is 1.07. The van der Waals surface area contributed by atoms with Crippen LogP contribution in [0, 0.1) is 6.92 Å². The van der Waals surface area contributed by atoms with Gasteiger partial charge in [-0.05, 0) is 28.9 Å². The van der Waals surface area contributed by atoms with E-state index < -0.39 is 0 Å². The zero-order valence-corrected chi connectivity index (χ0v) is 7.97. The van der Waals surface area contributed by atoms with Gasteiger partial charge in [0.25, 0.3) is 0 Å². The Labute approximate surface area is 73.7 Å². The van der Waals surface area contributed by atoms with Crippen LogP contribution in [-0.2, 0) is 0 Å². The number of halogens is 1. The molecule has 60 valence electrons. The number of pyridine rings is 1. The van der Waals surface area contributed by atoms with Gasteiger partial charge in [0.2, 0.25) is 5.88 Å². The summed E-state index contributed by atoms with van der Waals surface area (Å²) in [7, 11) is 1.55. The Balaban J connectivity index is 3.21. The van der Waals surface area contributed by atoms with Crippen molar-refractivity contribution in [3.8, 4) is 5.88 Å². The lowest BCUT2D eigenvalue weighted by atomic mass is 10.3. The van der Waals surface area contributed by atoms with Gasteiger partial charge in [0.1, 0.15) is 0 Å². The largest absolute Gasteiger partial charge is 0.480 e. The number of ether oxygens (including phenoxy) is 1. The molecular formula is C7H9BrN2O. The van der Waals surface area contributed by atoms with Crippen molar-refractivity contribution in [2.24, 2.45) is 0 Å². The molecule has 4 heteroatoms. The Morgan fingerprint density at radius 3 is 2.82 bits per heavy atom. The van der Waals surface area contributed by atoms with E-state index in [-0.39, 0.29) is 0 Å². The number of nitrogens with zero attached hydrogens (tertiary/aromatic N) is 1. The van der Waals surface area contributed by atoms with Gasteiger partial charge < -0.3 is 10.5 Å². The average Bonchev–Trinajstić information content (AvgIpc) is 1.97. The maximum absolute atomic E-state index is 5.58. The van der Waals surface area contributed by atoms with Crippen LogP contribution < -0.4 is 10.5 Å². The molecule has 0 aliphatic carbocycles. The first kappa shape index (κ1) is 8.33. The van der Waals surface area contributed by atoms with Crippen LogP contribution in [0.4, 0.5) is 5.69 Å². The molecule has 0 fully saturated rings. The van der Waals surface area contributed by atoms with Gasteiger partial charge in [0.15, 0.2) is 0 Å². The Morgan fingerprint density at radius 2 is 2.27 bits per heavy atom. The maximum atomic E-state index is 5.58. The molecule has 0 spiro atoms. The second-order valence-electron chi connectivity index (χ2n) is 2.15. The predicted octanol–water partition coefficient (Wildman–Crippen LogP) is 1.74. The third-order valence-electron chi connectivity index (χ3n) is 1.34. The van der Waals surface area contributed by atoms with Crippen molar-refractivity contribution in [3.63, 3.8) is 0 Å². The molecule has 2 N–H and O–H groups in total. The van der Waals surface area contributed by atoms with Crippen LogP contribution in [0.15, 0.2) is 10.5 Å². The molecule has 0 aromatic carbocycles. The Kier molecular flexibility index (Phi) is 2.34. The second kappa shape index (κ2) is 3.09. The first-order valence-corrected chi connectivity index (χ1v) is 3.91. The highest BCUT2D eigenvalue weighted by Crippen LogP contribution is 2.24. The Morgan fingerprint density at radius 1 is 1.64 bits per heavy atom. The number of aryl methyl sites for hydroxylation is 1. The van der Waals surface area contributed by atoms with Crippen molar-refractivity contribution >= 4 is 21.6 Å². The molecule has 0 bridgehead atoms. The summed E-state index contributed by atoms with van der Waals surface area (Å²) in [4.78, 5) is 4.10. The number of aromatic nitrogens is 1. The van der Waals surface area contributed by atoms with Crippen LogP contribution in [0.1, 0.15) is 5.69 Å². The summed E-state index contributed by atoms with van der Waals surface area (Å²) in [6.45, 7) is 1.88. The molecule has 0 unspecified atom stereocenters. The van der Waals surface area contributed by atoms with Crippen LogP contribution in [0.3, 0.4) is 0 Å². The number of rotatable bonds is 1. The smallest absolute Gasteiger partial charge is 0.237 e. The van der Waals surface area contributed by atoms with Crippen molar-refractivity contribution in [2.45, 2.75) is 6.92 Å². The quantitative estimate of drug-likeness (QED) is 0.779. The molecule has 11 heavy (non-hydrogen) atoms. The van der Waals surface area contributed by atoms with Crippen molar-refractivity contribution in [3.05, 3.63) is 16.2 Å². The van der Waals surface area contributed by atoms with E-state index in [1.165, 1.54) is 0 Å². The summed E-state index contributed by atoms with van der Waals surface area (Å²) in [6, 6.07) is 1.78. The van der Waals surface area contributed by atoms with Crippen molar-refractivity contribution < 1.29 is 4.74 Å². The molecule has 0 aliphatic heterocycles. The summed E-state index contributed by atoms with van der Waals surface area (Å²) in [5.41, 5.74) is 7.00. The molecule has 1 heterocycles. The third-order valence-corrected chi connectivity index (χ3v) is 2.14. The molecule has 0 atom stereocenters. The van der Waals surface area contributed by atoms with E-state index >= 15 is 0 Å². The lowest BCUT2D eigenvalue weighted by Gasteiger charge is -2.04. The molecule has 0 aliphatic rings. The lowest BCUT2D eigenvalue weighted by molar-refractivity contribution is 0.399. The topological polar surface area (TPSA) is 48.1 Å². The van der Waals surface area contributed by atoms with E-state index in [1.54, 1.807) is 13.2 Å². The minimum absolute atomic E-state index is 0.478. The fraction of sp³-hybridized carbons (Fsp3) is 0.286. The van der Waals surface area contributed by atoms with Gasteiger partial charge in [-0.15, -0.1) is 0 Å². The van der Waals surface area contributed by atoms with Crippen LogP contribution >= 0.6 is 15.9 Å². The third kappa shape index (κ3) is 1.63. The van der Waals surface area contributed by atoms with Gasteiger partial charge in [-0.25, -0.2) is 4.98 Å². The molecular weight excluding hydrogens is 208 g/mol. The minimum Gasteiger partial charge on any atom is -0.480 e. The standard InChI is InChI=1S/C7H9BrN2O/c1-4-5(8)3-6(9)7(10-4)11-2/h3H,9H2,1-2H3. The van der Waals surface area contributed by atoms with Gasteiger partial charge in [-0.1, -0.05) is 0 Å². The van der Waals surface area contributed by atoms with Crippen LogP contribution in [0.25, 0.3) is 0 Å². The molecule has 0 saturated heterocycles. The maximum Gasteiger partial charge on any atom is 0.237 e. The Hall–Kier alpha value is -0.770. The SMILES string of the molecule is COc1nc(C)c(Br)cc1N. The fourth-order valence-electron chi connectivity index (χ4n) is 0.736. The summed E-state index contributed by atoms with van der Waals surface area (Å²) in [6.07, 6.45) is 0. The van der Waals surface area contributed by atoms with E-state index in [2.05, 4.69) is 20.9 Å². The van der Waals surface area contributed by atoms with Gasteiger partial charge >= 0.3 is 0 Å². The predicted molar refractivity (Wildman–Crippen MR) is 47.6 cm³/mol. The van der Waals surface area contributed by atoms with Gasteiger partial charge in [-0.3, -0.25) is 0 Å². The van der Waals surface area contributed by atoms with Crippen molar-refractivity contribution in [2.75, 3.05) is 12.8 Å². The van der Waals surface area contributed by atoms with Gasteiger partial charge in [0.05, 0.1) is 18.5 Å². The van der Waals surface area contributed by atoms with Crippen molar-refractivity contribution in [1.29, 1.82) is 0 Å². The van der Waals surface area contributed by atoms with E-state index in [9.17, 15) is 0 Å². The highest BCUT2D eigenvalue weighted by atomic mass is 79.9. The zero-order valence-electron chi connectivity index (χ0n) is 6.39. The van der Waals surface area contributed by atoms with E-state index in [4.69, 9.17) is 10.5 Å². The molecule has 1 aromatic heterocycles. The summed E-state index contributed by atoms with van der Waals surface area (Å²) >= 11 is 3.31. The first-order valence-electron chi connectivity index (χ1n) is 3.11. The lowest BCUT2D eigenvalue weighted by Crippen LogP contribution is -1.97.